The highest BCUT2D eigenvalue weighted by molar-refractivity contribution is 5.91. The number of furan rings is 1. The Labute approximate surface area is 152 Å². The molecule has 26 heavy (non-hydrogen) atoms. The molecule has 1 amide bonds. The van der Waals surface area contributed by atoms with Crippen molar-refractivity contribution in [3.8, 4) is 5.75 Å². The number of nitrogens with zero attached hydrogens (tertiary/aromatic N) is 2. The Morgan fingerprint density at radius 3 is 2.65 bits per heavy atom. The third kappa shape index (κ3) is 4.53. The molecule has 0 aliphatic heterocycles. The van der Waals surface area contributed by atoms with Crippen LogP contribution in [0.3, 0.4) is 0 Å². The lowest BCUT2D eigenvalue weighted by Crippen LogP contribution is -2.22. The van der Waals surface area contributed by atoms with Crippen molar-refractivity contribution >= 4 is 5.91 Å². The Morgan fingerprint density at radius 1 is 1.15 bits per heavy atom. The highest BCUT2D eigenvalue weighted by atomic mass is 16.5. The lowest BCUT2D eigenvalue weighted by molar-refractivity contribution is 0.0918. The molecule has 1 N–H and O–H groups in total. The summed E-state index contributed by atoms with van der Waals surface area (Å²) < 4.78 is 13.1. The summed E-state index contributed by atoms with van der Waals surface area (Å²) in [6.07, 6.45) is 2.88. The summed E-state index contributed by atoms with van der Waals surface area (Å²) in [5, 5.41) is 7.13. The minimum atomic E-state index is -0.269. The summed E-state index contributed by atoms with van der Waals surface area (Å²) in [5.74, 6) is 1.37. The van der Waals surface area contributed by atoms with Crippen LogP contribution in [0.4, 0.5) is 0 Å². The van der Waals surface area contributed by atoms with Gasteiger partial charge in [0.2, 0.25) is 0 Å². The molecule has 0 spiro atoms. The number of carbonyl (C=O) groups is 1. The van der Waals surface area contributed by atoms with Gasteiger partial charge in [-0.1, -0.05) is 19.1 Å². The monoisotopic (exact) mass is 353 g/mol. The largest absolute Gasteiger partial charge is 0.486 e. The third-order valence-corrected chi connectivity index (χ3v) is 4.05. The fourth-order valence-corrected chi connectivity index (χ4v) is 2.49. The quantitative estimate of drug-likeness (QED) is 0.672. The molecule has 3 rings (SSSR count). The summed E-state index contributed by atoms with van der Waals surface area (Å²) in [5.41, 5.74) is 2.07. The van der Waals surface area contributed by atoms with Crippen LogP contribution < -0.4 is 10.1 Å². The molecule has 0 aliphatic carbocycles. The zero-order chi connectivity index (χ0) is 18.4. The maximum atomic E-state index is 12.2. The van der Waals surface area contributed by atoms with Gasteiger partial charge in [0, 0.05) is 12.7 Å². The molecule has 0 radical (unpaired) electrons. The maximum absolute atomic E-state index is 12.2. The molecule has 0 unspecified atom stereocenters. The molecular formula is C20H23N3O3. The van der Waals surface area contributed by atoms with Crippen LogP contribution in [0, 0.1) is 0 Å². The fraction of sp³-hybridized carbons (Fsp3) is 0.300. The van der Waals surface area contributed by atoms with Crippen LogP contribution in [0.15, 0.2) is 53.1 Å². The van der Waals surface area contributed by atoms with Crippen LogP contribution in [0.1, 0.15) is 41.4 Å². The SMILES string of the molecule is CCc1ccc(OCc2ccc(C(=O)NCc3ccn(CC)n3)o2)cc1. The number of aryl methyl sites for hydroxylation is 2. The van der Waals surface area contributed by atoms with E-state index in [0.717, 1.165) is 24.4 Å². The van der Waals surface area contributed by atoms with Crippen molar-refractivity contribution in [2.45, 2.75) is 40.0 Å². The van der Waals surface area contributed by atoms with Crippen molar-refractivity contribution < 1.29 is 13.9 Å². The van der Waals surface area contributed by atoms with Crippen molar-refractivity contribution in [2.24, 2.45) is 0 Å². The van der Waals surface area contributed by atoms with Gasteiger partial charge >= 0.3 is 0 Å². The fourth-order valence-electron chi connectivity index (χ4n) is 2.49. The Balaban J connectivity index is 1.50. The van der Waals surface area contributed by atoms with E-state index in [1.807, 2.05) is 48.1 Å². The standard InChI is InChI=1S/C20H23N3O3/c1-3-15-5-7-17(8-6-15)25-14-18-9-10-19(26-18)20(24)21-13-16-11-12-23(4-2)22-16/h5-12H,3-4,13-14H2,1-2H3,(H,21,24). The molecule has 1 aromatic carbocycles. The van der Waals surface area contributed by atoms with Gasteiger partial charge in [-0.05, 0) is 49.2 Å². The van der Waals surface area contributed by atoms with E-state index in [1.54, 1.807) is 12.1 Å². The van der Waals surface area contributed by atoms with Crippen molar-refractivity contribution in [2.75, 3.05) is 0 Å². The van der Waals surface area contributed by atoms with Crippen LogP contribution in [0.5, 0.6) is 5.75 Å². The minimum Gasteiger partial charge on any atom is -0.486 e. The second kappa shape index (κ2) is 8.38. The first-order valence-electron chi connectivity index (χ1n) is 8.79. The minimum absolute atomic E-state index is 0.264. The first kappa shape index (κ1) is 17.8. The number of carbonyl (C=O) groups excluding carboxylic acids is 1. The zero-order valence-corrected chi connectivity index (χ0v) is 15.1. The molecule has 0 fully saturated rings. The molecule has 0 saturated heterocycles. The van der Waals surface area contributed by atoms with Crippen LogP contribution in [0.2, 0.25) is 0 Å². The van der Waals surface area contributed by atoms with Crippen LogP contribution in [0.25, 0.3) is 0 Å². The summed E-state index contributed by atoms with van der Waals surface area (Å²) in [6.45, 7) is 5.57. The number of nitrogens with one attached hydrogen (secondary N) is 1. The van der Waals surface area contributed by atoms with Gasteiger partial charge in [-0.3, -0.25) is 9.48 Å². The van der Waals surface area contributed by atoms with E-state index in [-0.39, 0.29) is 18.3 Å². The zero-order valence-electron chi connectivity index (χ0n) is 15.1. The topological polar surface area (TPSA) is 69.3 Å². The maximum Gasteiger partial charge on any atom is 0.287 e. The van der Waals surface area contributed by atoms with Gasteiger partial charge < -0.3 is 14.5 Å². The second-order valence-corrected chi connectivity index (χ2v) is 5.90. The van der Waals surface area contributed by atoms with Gasteiger partial charge in [-0.15, -0.1) is 0 Å². The first-order valence-corrected chi connectivity index (χ1v) is 8.79. The summed E-state index contributed by atoms with van der Waals surface area (Å²) in [4.78, 5) is 12.2. The molecule has 0 bridgehead atoms. The van der Waals surface area contributed by atoms with E-state index in [9.17, 15) is 4.79 Å². The Bertz CT molecular complexity index is 849. The summed E-state index contributed by atoms with van der Waals surface area (Å²) >= 11 is 0. The smallest absolute Gasteiger partial charge is 0.287 e. The van der Waals surface area contributed by atoms with E-state index in [0.29, 0.717) is 12.3 Å². The van der Waals surface area contributed by atoms with Crippen molar-refractivity contribution in [3.05, 3.63) is 71.4 Å². The molecule has 2 heterocycles. The predicted octanol–water partition coefficient (Wildman–Crippen LogP) is 3.57. The molecule has 6 heteroatoms. The van der Waals surface area contributed by atoms with E-state index >= 15 is 0 Å². The van der Waals surface area contributed by atoms with E-state index in [4.69, 9.17) is 9.15 Å². The summed E-state index contributed by atoms with van der Waals surface area (Å²) in [7, 11) is 0. The van der Waals surface area contributed by atoms with Crippen molar-refractivity contribution in [3.63, 3.8) is 0 Å². The van der Waals surface area contributed by atoms with Crippen molar-refractivity contribution in [1.29, 1.82) is 0 Å². The van der Waals surface area contributed by atoms with Gasteiger partial charge in [-0.25, -0.2) is 0 Å². The molecule has 6 nitrogen and oxygen atoms in total. The number of amides is 1. The lowest BCUT2D eigenvalue weighted by Gasteiger charge is -2.05. The third-order valence-electron chi connectivity index (χ3n) is 4.05. The predicted molar refractivity (Wildman–Crippen MR) is 97.9 cm³/mol. The van der Waals surface area contributed by atoms with E-state index in [1.165, 1.54) is 5.56 Å². The molecule has 0 saturated carbocycles. The van der Waals surface area contributed by atoms with Crippen LogP contribution >= 0.6 is 0 Å². The number of ether oxygens (including phenoxy) is 1. The number of hydrogen-bond donors (Lipinski definition) is 1. The van der Waals surface area contributed by atoms with Crippen molar-refractivity contribution in [1.82, 2.24) is 15.1 Å². The average molecular weight is 353 g/mol. The highest BCUT2D eigenvalue weighted by Gasteiger charge is 2.12. The molecular weight excluding hydrogens is 330 g/mol. The number of hydrogen-bond acceptors (Lipinski definition) is 4. The van der Waals surface area contributed by atoms with Gasteiger partial charge in [-0.2, -0.15) is 5.10 Å². The van der Waals surface area contributed by atoms with Gasteiger partial charge in [0.1, 0.15) is 18.1 Å². The van der Waals surface area contributed by atoms with Gasteiger partial charge in [0.05, 0.1) is 12.2 Å². The number of benzene rings is 1. The Hall–Kier alpha value is -3.02. The highest BCUT2D eigenvalue weighted by Crippen LogP contribution is 2.16. The average Bonchev–Trinajstić information content (AvgIpc) is 3.34. The van der Waals surface area contributed by atoms with Crippen LogP contribution in [-0.2, 0) is 26.1 Å². The molecule has 2 aromatic heterocycles. The van der Waals surface area contributed by atoms with E-state index in [2.05, 4.69) is 17.3 Å². The normalized spacial score (nSPS) is 10.7. The summed E-state index contributed by atoms with van der Waals surface area (Å²) in [6, 6.07) is 13.2. The van der Waals surface area contributed by atoms with Gasteiger partial charge in [0.25, 0.3) is 5.91 Å². The first-order chi connectivity index (χ1) is 12.7. The number of rotatable bonds is 8. The molecule has 136 valence electrons. The second-order valence-electron chi connectivity index (χ2n) is 5.90. The van der Waals surface area contributed by atoms with E-state index < -0.39 is 0 Å². The number of aromatic nitrogens is 2. The van der Waals surface area contributed by atoms with Gasteiger partial charge in [0.15, 0.2) is 5.76 Å². The molecule has 0 aliphatic rings. The lowest BCUT2D eigenvalue weighted by atomic mass is 10.2. The molecule has 0 atom stereocenters. The molecule has 3 aromatic rings. The Kier molecular flexibility index (Phi) is 5.73. The van der Waals surface area contributed by atoms with Crippen LogP contribution in [-0.4, -0.2) is 15.7 Å². The Morgan fingerprint density at radius 2 is 1.96 bits per heavy atom.